The number of aliphatic hydroxyl groups is 1. The van der Waals surface area contributed by atoms with Crippen LogP contribution in [0.3, 0.4) is 0 Å². The maximum atomic E-state index is 12.4. The van der Waals surface area contributed by atoms with E-state index in [-0.39, 0.29) is 6.61 Å². The number of carbonyl (C=O) groups excluding carboxylic acids is 1. The van der Waals surface area contributed by atoms with Crippen LogP contribution in [0, 0.1) is 0 Å². The van der Waals surface area contributed by atoms with Gasteiger partial charge in [-0.25, -0.2) is 9.78 Å². The van der Waals surface area contributed by atoms with Crippen LogP contribution in [0.15, 0.2) is 42.6 Å². The van der Waals surface area contributed by atoms with Gasteiger partial charge in [-0.15, -0.1) is 0 Å². The molecular formula is C22H27N3O5. The van der Waals surface area contributed by atoms with Crippen molar-refractivity contribution in [3.63, 3.8) is 0 Å². The highest BCUT2D eigenvalue weighted by atomic mass is 16.6. The topological polar surface area (TPSA) is 93.2 Å². The molecule has 0 bridgehead atoms. The van der Waals surface area contributed by atoms with Gasteiger partial charge in [0.25, 0.3) is 5.88 Å². The second kappa shape index (κ2) is 9.77. The summed E-state index contributed by atoms with van der Waals surface area (Å²) in [5.74, 6) is 0.924. The number of ether oxygens (including phenoxy) is 3. The molecule has 8 nitrogen and oxygen atoms in total. The van der Waals surface area contributed by atoms with Gasteiger partial charge in [0.15, 0.2) is 5.75 Å². The number of hydrogen-bond donors (Lipinski definition) is 2. The molecule has 1 saturated heterocycles. The maximum absolute atomic E-state index is 12.4. The lowest BCUT2D eigenvalue weighted by Crippen LogP contribution is -2.46. The molecule has 0 saturated carbocycles. The number of aliphatic hydroxyl groups excluding tert-OH is 1. The Morgan fingerprint density at radius 3 is 2.77 bits per heavy atom. The fraction of sp³-hybridized carbons (Fsp3) is 0.455. The van der Waals surface area contributed by atoms with E-state index >= 15 is 0 Å². The zero-order valence-electron chi connectivity index (χ0n) is 16.8. The average molecular weight is 413 g/mol. The minimum Gasteiger partial charge on any atom is -0.484 e. The summed E-state index contributed by atoms with van der Waals surface area (Å²) in [5, 5.41) is 13.9. The van der Waals surface area contributed by atoms with Crippen molar-refractivity contribution in [1.82, 2.24) is 15.2 Å². The van der Waals surface area contributed by atoms with Crippen LogP contribution >= 0.6 is 0 Å². The van der Waals surface area contributed by atoms with E-state index in [1.165, 1.54) is 0 Å². The lowest BCUT2D eigenvalue weighted by molar-refractivity contribution is 0.0873. The predicted octanol–water partition coefficient (Wildman–Crippen LogP) is 2.28. The number of aromatic nitrogens is 1. The van der Waals surface area contributed by atoms with Crippen molar-refractivity contribution < 1.29 is 24.1 Å². The Morgan fingerprint density at radius 2 is 1.97 bits per heavy atom. The molecule has 2 aliphatic rings. The van der Waals surface area contributed by atoms with Crippen molar-refractivity contribution in [2.24, 2.45) is 0 Å². The van der Waals surface area contributed by atoms with E-state index < -0.39 is 18.2 Å². The number of benzene rings is 1. The molecule has 30 heavy (non-hydrogen) atoms. The molecule has 8 heteroatoms. The number of carbonyl (C=O) groups is 1. The van der Waals surface area contributed by atoms with Crippen LogP contribution in [0.2, 0.25) is 0 Å². The van der Waals surface area contributed by atoms with Crippen molar-refractivity contribution in [1.29, 1.82) is 0 Å². The van der Waals surface area contributed by atoms with Crippen LogP contribution in [0.1, 0.15) is 30.1 Å². The largest absolute Gasteiger partial charge is 0.484 e. The quantitative estimate of drug-likeness (QED) is 0.719. The van der Waals surface area contributed by atoms with E-state index in [0.29, 0.717) is 37.0 Å². The number of likely N-dealkylation sites (tertiary alicyclic amines) is 1. The molecule has 1 amide bonds. The summed E-state index contributed by atoms with van der Waals surface area (Å²) in [6.07, 6.45) is 2.28. The first-order valence-electron chi connectivity index (χ1n) is 10.3. The fourth-order valence-corrected chi connectivity index (χ4v) is 3.73. The molecule has 4 rings (SSSR count). The van der Waals surface area contributed by atoms with Gasteiger partial charge in [0.1, 0.15) is 25.9 Å². The van der Waals surface area contributed by atoms with E-state index in [2.05, 4.69) is 15.2 Å². The summed E-state index contributed by atoms with van der Waals surface area (Å²) in [4.78, 5) is 18.9. The van der Waals surface area contributed by atoms with Gasteiger partial charge in [-0.3, -0.25) is 0 Å². The first-order valence-corrected chi connectivity index (χ1v) is 10.3. The number of nitrogens with one attached hydrogen (secondary N) is 1. The van der Waals surface area contributed by atoms with Crippen LogP contribution in [0.5, 0.6) is 11.6 Å². The average Bonchev–Trinajstić information content (AvgIpc) is 3.30. The highest BCUT2D eigenvalue weighted by Crippen LogP contribution is 2.31. The van der Waals surface area contributed by atoms with Crippen LogP contribution in [0.25, 0.3) is 0 Å². The number of rotatable bonds is 7. The molecule has 2 atom stereocenters. The SMILES string of the molecule is O=C(N[C@H](CN1CCCC1)[C@H](O)c1cnc2c(c1)OCCO2)OCc1ccccc1. The summed E-state index contributed by atoms with van der Waals surface area (Å²) in [6.45, 7) is 3.48. The van der Waals surface area contributed by atoms with Crippen LogP contribution in [0.4, 0.5) is 4.79 Å². The minimum atomic E-state index is -0.960. The monoisotopic (exact) mass is 413 g/mol. The number of alkyl carbamates (subject to hydrolysis) is 1. The third-order valence-corrected chi connectivity index (χ3v) is 5.31. The molecule has 2 aromatic rings. The summed E-state index contributed by atoms with van der Waals surface area (Å²) in [5.41, 5.74) is 1.46. The lowest BCUT2D eigenvalue weighted by Gasteiger charge is -2.28. The van der Waals surface area contributed by atoms with Crippen molar-refractivity contribution in [3.05, 3.63) is 53.7 Å². The molecule has 0 unspecified atom stereocenters. The summed E-state index contributed by atoms with van der Waals surface area (Å²) < 4.78 is 16.4. The first-order chi connectivity index (χ1) is 14.7. The molecule has 0 spiro atoms. The van der Waals surface area contributed by atoms with Crippen molar-refractivity contribution in [2.45, 2.75) is 31.6 Å². The highest BCUT2D eigenvalue weighted by molar-refractivity contribution is 5.67. The zero-order valence-corrected chi connectivity index (χ0v) is 16.8. The Kier molecular flexibility index (Phi) is 6.66. The van der Waals surface area contributed by atoms with Crippen LogP contribution in [-0.2, 0) is 11.3 Å². The number of fused-ring (bicyclic) bond motifs is 1. The lowest BCUT2D eigenvalue weighted by atomic mass is 10.0. The molecule has 0 radical (unpaired) electrons. The van der Waals surface area contributed by atoms with Gasteiger partial charge in [-0.1, -0.05) is 30.3 Å². The number of nitrogens with zero attached hydrogens (tertiary/aromatic N) is 2. The van der Waals surface area contributed by atoms with Crippen molar-refractivity contribution in [2.75, 3.05) is 32.8 Å². The van der Waals surface area contributed by atoms with Crippen molar-refractivity contribution in [3.8, 4) is 11.6 Å². The normalized spacial score (nSPS) is 17.9. The maximum Gasteiger partial charge on any atom is 0.407 e. The molecule has 3 heterocycles. The number of pyridine rings is 1. The first kappa shape index (κ1) is 20.4. The Hall–Kier alpha value is -2.84. The number of hydrogen-bond acceptors (Lipinski definition) is 7. The summed E-state index contributed by atoms with van der Waals surface area (Å²) >= 11 is 0. The Labute approximate surface area is 175 Å². The Balaban J connectivity index is 1.43. The second-order valence-electron chi connectivity index (χ2n) is 7.53. The van der Waals surface area contributed by atoms with E-state index in [9.17, 15) is 9.90 Å². The molecule has 1 fully saturated rings. The van der Waals surface area contributed by atoms with Crippen LogP contribution in [-0.4, -0.2) is 60.0 Å². The Bertz CT molecular complexity index is 842. The molecule has 1 aromatic heterocycles. The molecule has 1 aromatic carbocycles. The third-order valence-electron chi connectivity index (χ3n) is 5.31. The van der Waals surface area contributed by atoms with E-state index in [1.54, 1.807) is 12.3 Å². The van der Waals surface area contributed by atoms with E-state index in [4.69, 9.17) is 14.2 Å². The van der Waals surface area contributed by atoms with E-state index in [0.717, 1.165) is 31.5 Å². The fourth-order valence-electron chi connectivity index (χ4n) is 3.73. The predicted molar refractivity (Wildman–Crippen MR) is 109 cm³/mol. The van der Waals surface area contributed by atoms with Crippen LogP contribution < -0.4 is 14.8 Å². The van der Waals surface area contributed by atoms with Crippen molar-refractivity contribution >= 4 is 6.09 Å². The smallest absolute Gasteiger partial charge is 0.407 e. The molecule has 2 N–H and O–H groups in total. The van der Waals surface area contributed by atoms with Gasteiger partial charge in [-0.2, -0.15) is 0 Å². The van der Waals surface area contributed by atoms with Gasteiger partial charge in [0.05, 0.1) is 6.04 Å². The van der Waals surface area contributed by atoms with Gasteiger partial charge in [-0.05, 0) is 37.6 Å². The number of amides is 1. The third kappa shape index (κ3) is 5.20. The van der Waals surface area contributed by atoms with Gasteiger partial charge >= 0.3 is 6.09 Å². The zero-order chi connectivity index (χ0) is 20.8. The highest BCUT2D eigenvalue weighted by Gasteiger charge is 2.28. The van der Waals surface area contributed by atoms with E-state index in [1.807, 2.05) is 30.3 Å². The molecule has 160 valence electrons. The minimum absolute atomic E-state index is 0.171. The second-order valence-corrected chi connectivity index (χ2v) is 7.53. The Morgan fingerprint density at radius 1 is 1.20 bits per heavy atom. The molecular weight excluding hydrogens is 386 g/mol. The van der Waals surface area contributed by atoms with Gasteiger partial charge in [0, 0.05) is 18.3 Å². The summed E-state index contributed by atoms with van der Waals surface area (Å²) in [6, 6.07) is 10.7. The van der Waals surface area contributed by atoms with Gasteiger partial charge in [0.2, 0.25) is 0 Å². The molecule has 0 aliphatic carbocycles. The summed E-state index contributed by atoms with van der Waals surface area (Å²) in [7, 11) is 0. The van der Waals surface area contributed by atoms with Gasteiger partial charge < -0.3 is 29.5 Å². The molecule has 2 aliphatic heterocycles. The standard InChI is InChI=1S/C22H27N3O5/c26-20(17-12-19-21(23-13-17)29-11-10-28-19)18(14-25-8-4-5-9-25)24-22(27)30-15-16-6-2-1-3-7-16/h1-3,6-7,12-13,18,20,26H,4-5,8-11,14-15H2,(H,24,27)/t18-,20-/m1/s1.